The molecule has 0 unspecified atom stereocenters. The van der Waals surface area contributed by atoms with Crippen LogP contribution in [0.2, 0.25) is 0 Å². The summed E-state index contributed by atoms with van der Waals surface area (Å²) in [5.41, 5.74) is 2.18. The van der Waals surface area contributed by atoms with Gasteiger partial charge in [0, 0.05) is 11.6 Å². The highest BCUT2D eigenvalue weighted by atomic mass is 16.4. The highest BCUT2D eigenvalue weighted by Gasteiger charge is 2.06. The molecule has 0 amide bonds. The Kier molecular flexibility index (Phi) is 3.25. The molecule has 0 fully saturated rings. The molecule has 84 valence electrons. The third-order valence-corrected chi connectivity index (χ3v) is 2.25. The van der Waals surface area contributed by atoms with Gasteiger partial charge in [-0.25, -0.2) is 4.79 Å². The van der Waals surface area contributed by atoms with Crippen molar-refractivity contribution in [3.05, 3.63) is 66.0 Å². The average Bonchev–Trinajstić information content (AvgIpc) is 2.38. The quantitative estimate of drug-likeness (QED) is 0.813. The maximum atomic E-state index is 10.8. The predicted molar refractivity (Wildman–Crippen MR) is 63.2 cm³/mol. The zero-order valence-corrected chi connectivity index (χ0v) is 8.95. The van der Waals surface area contributed by atoms with E-state index in [1.807, 2.05) is 30.3 Å². The van der Waals surface area contributed by atoms with Crippen LogP contribution in [0, 0.1) is 0 Å². The van der Waals surface area contributed by atoms with E-state index in [1.165, 1.54) is 12.3 Å². The van der Waals surface area contributed by atoms with Crippen molar-refractivity contribution in [2.75, 3.05) is 0 Å². The lowest BCUT2D eigenvalue weighted by Gasteiger charge is -2.06. The second-order valence-electron chi connectivity index (χ2n) is 3.39. The molecule has 2 aromatic rings. The van der Waals surface area contributed by atoms with E-state index in [4.69, 9.17) is 5.11 Å². The van der Waals surface area contributed by atoms with Crippen LogP contribution in [0.5, 0.6) is 0 Å². The maximum Gasteiger partial charge on any atom is 0.328 e. The lowest BCUT2D eigenvalue weighted by Crippen LogP contribution is -1.95. The minimum Gasteiger partial charge on any atom is -0.478 e. The van der Waals surface area contributed by atoms with Gasteiger partial charge in [-0.1, -0.05) is 30.3 Å². The number of nitrogens with zero attached hydrogens (tertiary/aromatic N) is 2. The Morgan fingerprint density at radius 1 is 1.06 bits per heavy atom. The van der Waals surface area contributed by atoms with Crippen LogP contribution >= 0.6 is 0 Å². The summed E-state index contributed by atoms with van der Waals surface area (Å²) in [4.78, 5) is 10.8. The summed E-state index contributed by atoms with van der Waals surface area (Å²) >= 11 is 0. The van der Waals surface area contributed by atoms with Gasteiger partial charge >= 0.3 is 5.97 Å². The molecule has 1 aromatic heterocycles. The van der Waals surface area contributed by atoms with Crippen LogP contribution in [-0.4, -0.2) is 21.3 Å². The molecule has 4 heteroatoms. The highest BCUT2D eigenvalue weighted by Crippen LogP contribution is 2.21. The van der Waals surface area contributed by atoms with Gasteiger partial charge in [0.25, 0.3) is 0 Å². The topological polar surface area (TPSA) is 63.1 Å². The Morgan fingerprint density at radius 2 is 1.82 bits per heavy atom. The van der Waals surface area contributed by atoms with Crippen LogP contribution in [0.1, 0.15) is 11.1 Å². The number of carboxylic acid groups (broad SMARTS) is 1. The summed E-state index contributed by atoms with van der Waals surface area (Å²) in [5, 5.41) is 16.3. The van der Waals surface area contributed by atoms with Crippen molar-refractivity contribution in [3.8, 4) is 0 Å². The number of hydrogen-bond acceptors (Lipinski definition) is 3. The van der Waals surface area contributed by atoms with Gasteiger partial charge in [-0.2, -0.15) is 10.2 Å². The molecule has 0 bridgehead atoms. The Labute approximate surface area is 98.3 Å². The van der Waals surface area contributed by atoms with E-state index in [2.05, 4.69) is 10.2 Å². The van der Waals surface area contributed by atoms with Gasteiger partial charge in [-0.15, -0.1) is 0 Å². The Bertz CT molecular complexity index is 494. The number of carboxylic acids is 1. The summed E-state index contributed by atoms with van der Waals surface area (Å²) in [5.74, 6) is -0.985. The first kappa shape index (κ1) is 11.0. The Morgan fingerprint density at radius 3 is 2.41 bits per heavy atom. The molecule has 1 heterocycles. The first-order valence-electron chi connectivity index (χ1n) is 5.04. The monoisotopic (exact) mass is 226 g/mol. The highest BCUT2D eigenvalue weighted by molar-refractivity contribution is 5.95. The number of benzene rings is 1. The number of aromatic nitrogens is 2. The summed E-state index contributed by atoms with van der Waals surface area (Å²) in [6, 6.07) is 11.0. The van der Waals surface area contributed by atoms with Crippen LogP contribution < -0.4 is 0 Å². The van der Waals surface area contributed by atoms with E-state index in [9.17, 15) is 4.79 Å². The molecule has 0 spiro atoms. The molecular weight excluding hydrogens is 216 g/mol. The predicted octanol–water partition coefficient (Wildman–Crippen LogP) is 1.99. The fraction of sp³-hybridized carbons (Fsp3) is 0. The molecule has 1 aromatic carbocycles. The molecule has 0 aliphatic carbocycles. The van der Waals surface area contributed by atoms with Crippen LogP contribution in [0.15, 0.2) is 54.9 Å². The van der Waals surface area contributed by atoms with Crippen molar-refractivity contribution < 1.29 is 9.90 Å². The fourth-order valence-electron chi connectivity index (χ4n) is 1.52. The van der Waals surface area contributed by atoms with Gasteiger partial charge in [-0.05, 0) is 17.2 Å². The first-order chi connectivity index (χ1) is 8.27. The maximum absolute atomic E-state index is 10.8. The van der Waals surface area contributed by atoms with Gasteiger partial charge in [0.05, 0.1) is 12.4 Å². The molecule has 0 aliphatic rings. The summed E-state index contributed by atoms with van der Waals surface area (Å²) in [6.45, 7) is 0. The summed E-state index contributed by atoms with van der Waals surface area (Å²) in [7, 11) is 0. The van der Waals surface area contributed by atoms with Gasteiger partial charge in [0.15, 0.2) is 0 Å². The fourth-order valence-corrected chi connectivity index (χ4v) is 1.52. The van der Waals surface area contributed by atoms with E-state index in [0.717, 1.165) is 11.1 Å². The molecule has 1 N–H and O–H groups in total. The smallest absolute Gasteiger partial charge is 0.328 e. The zero-order chi connectivity index (χ0) is 12.1. The van der Waals surface area contributed by atoms with Crippen molar-refractivity contribution in [3.63, 3.8) is 0 Å². The van der Waals surface area contributed by atoms with E-state index in [1.54, 1.807) is 12.3 Å². The number of aliphatic carboxylic acids is 1. The normalized spacial score (nSPS) is 11.2. The Hall–Kier alpha value is -2.49. The van der Waals surface area contributed by atoms with Gasteiger partial charge < -0.3 is 5.11 Å². The van der Waals surface area contributed by atoms with Gasteiger partial charge in [0.1, 0.15) is 0 Å². The molecule has 0 saturated heterocycles. The van der Waals surface area contributed by atoms with E-state index in [0.29, 0.717) is 5.57 Å². The molecule has 2 rings (SSSR count). The summed E-state index contributed by atoms with van der Waals surface area (Å²) in [6.07, 6.45) is 4.25. The molecule has 0 aliphatic heterocycles. The molecule has 17 heavy (non-hydrogen) atoms. The first-order valence-corrected chi connectivity index (χ1v) is 5.04. The minimum atomic E-state index is -0.985. The van der Waals surface area contributed by atoms with Gasteiger partial charge in [-0.3, -0.25) is 0 Å². The van der Waals surface area contributed by atoms with E-state index in [-0.39, 0.29) is 0 Å². The average molecular weight is 226 g/mol. The lowest BCUT2D eigenvalue weighted by molar-refractivity contribution is -0.131. The zero-order valence-electron chi connectivity index (χ0n) is 8.95. The van der Waals surface area contributed by atoms with Crippen LogP contribution in [0.3, 0.4) is 0 Å². The molecule has 0 atom stereocenters. The van der Waals surface area contributed by atoms with E-state index < -0.39 is 5.97 Å². The SMILES string of the molecule is O=C(O)C=C(c1ccccc1)c1ccnnc1. The van der Waals surface area contributed by atoms with Crippen LogP contribution in [0.25, 0.3) is 5.57 Å². The third-order valence-electron chi connectivity index (χ3n) is 2.25. The van der Waals surface area contributed by atoms with Crippen molar-refractivity contribution in [2.24, 2.45) is 0 Å². The van der Waals surface area contributed by atoms with Crippen LogP contribution in [-0.2, 0) is 4.79 Å². The van der Waals surface area contributed by atoms with E-state index >= 15 is 0 Å². The van der Waals surface area contributed by atoms with Crippen molar-refractivity contribution in [1.82, 2.24) is 10.2 Å². The number of carbonyl (C=O) groups is 1. The largest absolute Gasteiger partial charge is 0.478 e. The molecule has 4 nitrogen and oxygen atoms in total. The van der Waals surface area contributed by atoms with Crippen molar-refractivity contribution in [2.45, 2.75) is 0 Å². The molecular formula is C13H10N2O2. The Balaban J connectivity index is 2.51. The van der Waals surface area contributed by atoms with Crippen LogP contribution in [0.4, 0.5) is 0 Å². The third kappa shape index (κ3) is 2.75. The second kappa shape index (κ2) is 5.03. The lowest BCUT2D eigenvalue weighted by atomic mass is 9.99. The number of hydrogen-bond donors (Lipinski definition) is 1. The molecule has 0 radical (unpaired) electrons. The summed E-state index contributed by atoms with van der Waals surface area (Å²) < 4.78 is 0. The number of rotatable bonds is 3. The standard InChI is InChI=1S/C13H10N2O2/c16-13(17)8-12(10-4-2-1-3-5-10)11-6-7-14-15-9-11/h1-9H,(H,16,17). The van der Waals surface area contributed by atoms with Crippen molar-refractivity contribution in [1.29, 1.82) is 0 Å². The molecule has 0 saturated carbocycles. The van der Waals surface area contributed by atoms with Gasteiger partial charge in [0.2, 0.25) is 0 Å². The second-order valence-corrected chi connectivity index (χ2v) is 3.39. The minimum absolute atomic E-state index is 0.619. The van der Waals surface area contributed by atoms with Crippen molar-refractivity contribution >= 4 is 11.5 Å².